The molecule has 3 N–H and O–H groups in total. The Labute approximate surface area is 111 Å². The smallest absolute Gasteiger partial charge is 0.273 e. The highest BCUT2D eigenvalue weighted by atomic mass is 16.6. The second-order valence-corrected chi connectivity index (χ2v) is 4.71. The molecule has 1 aromatic carbocycles. The Hall–Kier alpha value is -1.86. The summed E-state index contributed by atoms with van der Waals surface area (Å²) in [4.78, 5) is 12.5. The number of likely N-dealkylation sites (N-methyl/N-ethyl adjacent to an activating group) is 1. The van der Waals surface area contributed by atoms with Crippen molar-refractivity contribution in [3.8, 4) is 0 Å². The molecule has 1 heterocycles. The van der Waals surface area contributed by atoms with Gasteiger partial charge in [-0.2, -0.15) is 0 Å². The summed E-state index contributed by atoms with van der Waals surface area (Å²) in [6.45, 7) is 3.09. The number of nitrogens with zero attached hydrogens (tertiary/aromatic N) is 2. The van der Waals surface area contributed by atoms with E-state index < -0.39 is 4.92 Å². The number of rotatable bonds is 4. The molecular formula is C12H18N4O3. The second-order valence-electron chi connectivity index (χ2n) is 4.71. The first-order valence-corrected chi connectivity index (χ1v) is 6.13. The van der Waals surface area contributed by atoms with Gasteiger partial charge >= 0.3 is 0 Å². The van der Waals surface area contributed by atoms with E-state index in [9.17, 15) is 10.1 Å². The van der Waals surface area contributed by atoms with E-state index in [0.29, 0.717) is 24.5 Å². The number of hydrogen-bond acceptors (Lipinski definition) is 6. The van der Waals surface area contributed by atoms with Crippen LogP contribution in [0.15, 0.2) is 18.2 Å². The van der Waals surface area contributed by atoms with Crippen LogP contribution >= 0.6 is 0 Å². The van der Waals surface area contributed by atoms with Crippen LogP contribution in [-0.2, 0) is 4.74 Å². The van der Waals surface area contributed by atoms with Gasteiger partial charge in [-0.15, -0.1) is 0 Å². The van der Waals surface area contributed by atoms with E-state index in [1.165, 1.54) is 12.1 Å². The Morgan fingerprint density at radius 2 is 2.37 bits per heavy atom. The maximum absolute atomic E-state index is 10.7. The molecule has 1 aliphatic rings. The summed E-state index contributed by atoms with van der Waals surface area (Å²) in [7, 11) is 2.04. The highest BCUT2D eigenvalue weighted by molar-refractivity contribution is 5.61. The van der Waals surface area contributed by atoms with Crippen LogP contribution < -0.4 is 11.1 Å². The number of nitrogens with one attached hydrogen (secondary N) is 1. The van der Waals surface area contributed by atoms with Crippen LogP contribution in [0, 0.1) is 10.1 Å². The van der Waals surface area contributed by atoms with Gasteiger partial charge in [-0.05, 0) is 13.1 Å². The SMILES string of the molecule is CN1CCOC(CNc2cc(N)cc([N+](=O)[O-])c2)C1. The van der Waals surface area contributed by atoms with Crippen molar-refractivity contribution in [3.63, 3.8) is 0 Å². The number of hydrogen-bond donors (Lipinski definition) is 2. The topological polar surface area (TPSA) is 93.7 Å². The van der Waals surface area contributed by atoms with E-state index in [1.54, 1.807) is 6.07 Å². The lowest BCUT2D eigenvalue weighted by Crippen LogP contribution is -2.43. The number of nitrogen functional groups attached to an aromatic ring is 1. The quantitative estimate of drug-likeness (QED) is 0.478. The van der Waals surface area contributed by atoms with Crippen LogP contribution in [0.4, 0.5) is 17.1 Å². The van der Waals surface area contributed by atoms with Gasteiger partial charge in [-0.25, -0.2) is 0 Å². The average molecular weight is 266 g/mol. The third kappa shape index (κ3) is 3.80. The molecule has 19 heavy (non-hydrogen) atoms. The highest BCUT2D eigenvalue weighted by Crippen LogP contribution is 2.22. The molecule has 0 aliphatic carbocycles. The minimum absolute atomic E-state index is 0.0100. The second kappa shape index (κ2) is 5.85. The summed E-state index contributed by atoms with van der Waals surface area (Å²) < 4.78 is 5.61. The maximum atomic E-state index is 10.7. The fraction of sp³-hybridized carbons (Fsp3) is 0.500. The summed E-state index contributed by atoms with van der Waals surface area (Å²) in [6.07, 6.45) is 0.0826. The van der Waals surface area contributed by atoms with Crippen molar-refractivity contribution in [2.75, 3.05) is 44.3 Å². The van der Waals surface area contributed by atoms with Gasteiger partial charge in [0.2, 0.25) is 0 Å². The molecule has 104 valence electrons. The van der Waals surface area contributed by atoms with Crippen molar-refractivity contribution in [2.45, 2.75) is 6.10 Å². The zero-order chi connectivity index (χ0) is 13.8. The van der Waals surface area contributed by atoms with Gasteiger partial charge in [0.25, 0.3) is 5.69 Å². The van der Waals surface area contributed by atoms with Crippen LogP contribution in [0.2, 0.25) is 0 Å². The van der Waals surface area contributed by atoms with Crippen molar-refractivity contribution in [2.24, 2.45) is 0 Å². The zero-order valence-electron chi connectivity index (χ0n) is 10.8. The van der Waals surface area contributed by atoms with E-state index in [1.807, 2.05) is 7.05 Å². The lowest BCUT2D eigenvalue weighted by Gasteiger charge is -2.30. The Kier molecular flexibility index (Phi) is 4.18. The maximum Gasteiger partial charge on any atom is 0.273 e. The van der Waals surface area contributed by atoms with Crippen molar-refractivity contribution in [1.29, 1.82) is 0 Å². The summed E-state index contributed by atoms with van der Waals surface area (Å²) in [5.74, 6) is 0. The first kappa shape index (κ1) is 13.6. The minimum Gasteiger partial charge on any atom is -0.398 e. The molecule has 7 nitrogen and oxygen atoms in total. The first-order chi connectivity index (χ1) is 9.04. The monoisotopic (exact) mass is 266 g/mol. The van der Waals surface area contributed by atoms with Crippen LogP contribution in [-0.4, -0.2) is 49.2 Å². The molecular weight excluding hydrogens is 248 g/mol. The van der Waals surface area contributed by atoms with Gasteiger partial charge in [-0.1, -0.05) is 0 Å². The number of nitrogens with two attached hydrogens (primary N) is 1. The zero-order valence-corrected chi connectivity index (χ0v) is 10.8. The summed E-state index contributed by atoms with van der Waals surface area (Å²) in [5.41, 5.74) is 6.65. The van der Waals surface area contributed by atoms with E-state index in [4.69, 9.17) is 10.5 Å². The Bertz CT molecular complexity index is 466. The molecule has 0 bridgehead atoms. The number of morpholine rings is 1. The third-order valence-corrected chi connectivity index (χ3v) is 3.03. The molecule has 0 spiro atoms. The lowest BCUT2D eigenvalue weighted by atomic mass is 10.2. The summed E-state index contributed by atoms with van der Waals surface area (Å²) >= 11 is 0. The van der Waals surface area contributed by atoms with Crippen LogP contribution in [0.1, 0.15) is 0 Å². The first-order valence-electron chi connectivity index (χ1n) is 6.13. The molecule has 1 atom stereocenters. The van der Waals surface area contributed by atoms with Crippen molar-refractivity contribution < 1.29 is 9.66 Å². The number of non-ortho nitro benzene ring substituents is 1. The largest absolute Gasteiger partial charge is 0.398 e. The van der Waals surface area contributed by atoms with Gasteiger partial charge < -0.3 is 20.7 Å². The van der Waals surface area contributed by atoms with E-state index in [0.717, 1.165) is 13.1 Å². The third-order valence-electron chi connectivity index (χ3n) is 3.03. The molecule has 0 aromatic heterocycles. The summed E-state index contributed by atoms with van der Waals surface area (Å²) in [6, 6.07) is 4.50. The molecule has 1 fully saturated rings. The molecule has 2 rings (SSSR count). The average Bonchev–Trinajstić information content (AvgIpc) is 2.36. The Morgan fingerprint density at radius 1 is 1.58 bits per heavy atom. The van der Waals surface area contributed by atoms with Gasteiger partial charge in [-0.3, -0.25) is 10.1 Å². The molecule has 0 amide bonds. The van der Waals surface area contributed by atoms with Crippen LogP contribution in [0.3, 0.4) is 0 Å². The van der Waals surface area contributed by atoms with Gasteiger partial charge in [0, 0.05) is 43.1 Å². The van der Waals surface area contributed by atoms with Crippen molar-refractivity contribution >= 4 is 17.1 Å². The van der Waals surface area contributed by atoms with Gasteiger partial charge in [0.1, 0.15) is 0 Å². The molecule has 7 heteroatoms. The fourth-order valence-electron chi connectivity index (χ4n) is 2.06. The molecule has 1 saturated heterocycles. The minimum atomic E-state index is -0.452. The van der Waals surface area contributed by atoms with Gasteiger partial charge in [0.05, 0.1) is 17.6 Å². The predicted molar refractivity (Wildman–Crippen MR) is 73.2 cm³/mol. The van der Waals surface area contributed by atoms with Crippen molar-refractivity contribution in [3.05, 3.63) is 28.3 Å². The molecule has 0 radical (unpaired) electrons. The molecule has 1 aliphatic heterocycles. The fourth-order valence-corrected chi connectivity index (χ4v) is 2.06. The van der Waals surface area contributed by atoms with E-state index in [-0.39, 0.29) is 11.8 Å². The number of benzene rings is 1. The molecule has 1 unspecified atom stereocenters. The summed E-state index contributed by atoms with van der Waals surface area (Å²) in [5, 5.41) is 13.9. The van der Waals surface area contributed by atoms with Crippen LogP contribution in [0.25, 0.3) is 0 Å². The standard InChI is InChI=1S/C12H18N4O3/c1-15-2-3-19-12(8-15)7-14-10-4-9(13)5-11(6-10)16(17)18/h4-6,12,14H,2-3,7-8,13H2,1H3. The van der Waals surface area contributed by atoms with Crippen molar-refractivity contribution in [1.82, 2.24) is 4.90 Å². The lowest BCUT2D eigenvalue weighted by molar-refractivity contribution is -0.384. The van der Waals surface area contributed by atoms with Gasteiger partial charge in [0.15, 0.2) is 0 Å². The number of ether oxygens (including phenoxy) is 1. The number of nitro groups is 1. The predicted octanol–water partition coefficient (Wildman–Crippen LogP) is 0.919. The van der Waals surface area contributed by atoms with Crippen LogP contribution in [0.5, 0.6) is 0 Å². The highest BCUT2D eigenvalue weighted by Gasteiger charge is 2.17. The Morgan fingerprint density at radius 3 is 3.05 bits per heavy atom. The van der Waals surface area contributed by atoms with E-state index >= 15 is 0 Å². The molecule has 1 aromatic rings. The molecule has 0 saturated carbocycles. The normalized spacial score (nSPS) is 20.2. The Balaban J connectivity index is 1.97. The number of anilines is 2. The number of nitro benzene ring substituents is 1. The van der Waals surface area contributed by atoms with E-state index in [2.05, 4.69) is 10.2 Å².